The van der Waals surface area contributed by atoms with Crippen LogP contribution in [0.1, 0.15) is 23.1 Å². The van der Waals surface area contributed by atoms with Crippen LogP contribution in [0.3, 0.4) is 0 Å². The first kappa shape index (κ1) is 12.9. The topological polar surface area (TPSA) is 66.9 Å². The molecule has 0 aliphatic carbocycles. The molecule has 0 radical (unpaired) electrons. The molecule has 4 heteroatoms. The molecular formula is C12H16N2OS. The predicted octanol–water partition coefficient (Wildman–Crippen LogP) is 1.46. The lowest BCUT2D eigenvalue weighted by molar-refractivity contribution is 0.680. The van der Waals surface area contributed by atoms with Crippen molar-refractivity contribution in [2.45, 2.75) is 19.1 Å². The zero-order valence-corrected chi connectivity index (χ0v) is 10.2. The minimum atomic E-state index is -0.853. The molecule has 1 atom stereocenters. The Labute approximate surface area is 98.7 Å². The molecule has 0 aromatic heterocycles. The Kier molecular flexibility index (Phi) is 5.17. The van der Waals surface area contributed by atoms with E-state index in [2.05, 4.69) is 6.07 Å². The molecule has 3 nitrogen and oxygen atoms in total. The van der Waals surface area contributed by atoms with Crippen LogP contribution in [0.2, 0.25) is 0 Å². The SMILES string of the molecule is Cc1cc(C#N)ccc1CS(=O)CCCN. The van der Waals surface area contributed by atoms with E-state index in [1.54, 1.807) is 6.07 Å². The van der Waals surface area contributed by atoms with Gasteiger partial charge in [-0.3, -0.25) is 4.21 Å². The Morgan fingerprint density at radius 1 is 1.50 bits per heavy atom. The van der Waals surface area contributed by atoms with E-state index in [-0.39, 0.29) is 0 Å². The summed E-state index contributed by atoms with van der Waals surface area (Å²) in [5, 5.41) is 8.73. The lowest BCUT2D eigenvalue weighted by atomic mass is 10.1. The van der Waals surface area contributed by atoms with E-state index in [9.17, 15) is 4.21 Å². The highest BCUT2D eigenvalue weighted by Gasteiger charge is 2.05. The van der Waals surface area contributed by atoms with Crippen LogP contribution < -0.4 is 5.73 Å². The average molecular weight is 236 g/mol. The minimum Gasteiger partial charge on any atom is -0.330 e. The molecule has 0 saturated heterocycles. The number of benzene rings is 1. The Morgan fingerprint density at radius 2 is 2.25 bits per heavy atom. The van der Waals surface area contributed by atoms with E-state index >= 15 is 0 Å². The molecule has 1 aromatic carbocycles. The molecule has 0 saturated carbocycles. The molecule has 0 fully saturated rings. The smallest absolute Gasteiger partial charge is 0.0991 e. The summed E-state index contributed by atoms with van der Waals surface area (Å²) >= 11 is 0. The van der Waals surface area contributed by atoms with E-state index in [4.69, 9.17) is 11.0 Å². The number of hydrogen-bond acceptors (Lipinski definition) is 3. The van der Waals surface area contributed by atoms with Crippen molar-refractivity contribution in [2.24, 2.45) is 5.73 Å². The largest absolute Gasteiger partial charge is 0.330 e. The molecule has 0 spiro atoms. The summed E-state index contributed by atoms with van der Waals surface area (Å²) in [6.45, 7) is 2.52. The summed E-state index contributed by atoms with van der Waals surface area (Å²) < 4.78 is 11.7. The van der Waals surface area contributed by atoms with Crippen LogP contribution in [-0.2, 0) is 16.6 Å². The van der Waals surface area contributed by atoms with Gasteiger partial charge in [0.25, 0.3) is 0 Å². The monoisotopic (exact) mass is 236 g/mol. The fraction of sp³-hybridized carbons (Fsp3) is 0.417. The van der Waals surface area contributed by atoms with Crippen LogP contribution in [0.25, 0.3) is 0 Å². The Hall–Kier alpha value is -1.18. The third-order valence-electron chi connectivity index (χ3n) is 2.36. The second-order valence-corrected chi connectivity index (χ2v) is 5.26. The molecule has 16 heavy (non-hydrogen) atoms. The molecule has 0 bridgehead atoms. The predicted molar refractivity (Wildman–Crippen MR) is 66.3 cm³/mol. The van der Waals surface area contributed by atoms with Gasteiger partial charge in [0.15, 0.2) is 0 Å². The van der Waals surface area contributed by atoms with Gasteiger partial charge in [-0.05, 0) is 43.1 Å². The van der Waals surface area contributed by atoms with Crippen molar-refractivity contribution in [1.82, 2.24) is 0 Å². The molecule has 1 unspecified atom stereocenters. The van der Waals surface area contributed by atoms with Gasteiger partial charge in [-0.15, -0.1) is 0 Å². The van der Waals surface area contributed by atoms with Gasteiger partial charge in [-0.25, -0.2) is 0 Å². The maximum absolute atomic E-state index is 11.7. The first-order valence-corrected chi connectivity index (χ1v) is 6.71. The molecule has 1 rings (SSSR count). The fourth-order valence-corrected chi connectivity index (χ4v) is 2.72. The van der Waals surface area contributed by atoms with Gasteiger partial charge in [0.1, 0.15) is 0 Å². The number of rotatable bonds is 5. The van der Waals surface area contributed by atoms with E-state index in [1.165, 1.54) is 0 Å². The second-order valence-electron chi connectivity index (χ2n) is 3.68. The van der Waals surface area contributed by atoms with Crippen molar-refractivity contribution in [2.75, 3.05) is 12.3 Å². The summed E-state index contributed by atoms with van der Waals surface area (Å²) in [5.74, 6) is 1.20. The third kappa shape index (κ3) is 3.76. The molecule has 0 aliphatic rings. The van der Waals surface area contributed by atoms with Gasteiger partial charge in [-0.2, -0.15) is 5.26 Å². The molecule has 1 aromatic rings. The van der Waals surface area contributed by atoms with Gasteiger partial charge in [0.05, 0.1) is 11.6 Å². The number of nitrogens with zero attached hydrogens (tertiary/aromatic N) is 1. The van der Waals surface area contributed by atoms with Crippen LogP contribution in [-0.4, -0.2) is 16.5 Å². The minimum absolute atomic E-state index is 0.553. The summed E-state index contributed by atoms with van der Waals surface area (Å²) in [5.41, 5.74) is 8.09. The highest BCUT2D eigenvalue weighted by molar-refractivity contribution is 7.84. The van der Waals surface area contributed by atoms with Crippen LogP contribution in [0.15, 0.2) is 18.2 Å². The van der Waals surface area contributed by atoms with Crippen molar-refractivity contribution in [3.63, 3.8) is 0 Å². The van der Waals surface area contributed by atoms with Crippen molar-refractivity contribution in [3.05, 3.63) is 34.9 Å². The van der Waals surface area contributed by atoms with E-state index in [0.717, 1.165) is 17.5 Å². The maximum Gasteiger partial charge on any atom is 0.0991 e. The number of nitriles is 1. The van der Waals surface area contributed by atoms with Crippen LogP contribution in [0.4, 0.5) is 0 Å². The zero-order chi connectivity index (χ0) is 12.0. The van der Waals surface area contributed by atoms with Gasteiger partial charge in [-0.1, -0.05) is 6.07 Å². The van der Waals surface area contributed by atoms with Crippen molar-refractivity contribution in [1.29, 1.82) is 5.26 Å². The molecule has 0 aliphatic heterocycles. The summed E-state index contributed by atoms with van der Waals surface area (Å²) in [6, 6.07) is 7.57. The average Bonchev–Trinajstić information content (AvgIpc) is 2.29. The van der Waals surface area contributed by atoms with E-state index < -0.39 is 10.8 Å². The number of nitrogens with two attached hydrogens (primary N) is 1. The van der Waals surface area contributed by atoms with Gasteiger partial charge in [0.2, 0.25) is 0 Å². The van der Waals surface area contributed by atoms with Gasteiger partial charge < -0.3 is 5.73 Å². The highest BCUT2D eigenvalue weighted by Crippen LogP contribution is 2.13. The van der Waals surface area contributed by atoms with Crippen molar-refractivity contribution >= 4 is 10.8 Å². The van der Waals surface area contributed by atoms with E-state index in [0.29, 0.717) is 23.6 Å². The third-order valence-corrected chi connectivity index (χ3v) is 3.74. The van der Waals surface area contributed by atoms with Crippen LogP contribution >= 0.6 is 0 Å². The standard InChI is InChI=1S/C12H16N2OS/c1-10-7-11(8-14)3-4-12(10)9-16(15)6-2-5-13/h3-4,7H,2,5-6,9,13H2,1H3. The Balaban J connectivity index is 2.68. The van der Waals surface area contributed by atoms with Crippen molar-refractivity contribution < 1.29 is 4.21 Å². The van der Waals surface area contributed by atoms with Gasteiger partial charge >= 0.3 is 0 Å². The summed E-state index contributed by atoms with van der Waals surface area (Å²) in [6.07, 6.45) is 0.794. The van der Waals surface area contributed by atoms with Crippen LogP contribution in [0.5, 0.6) is 0 Å². The molecular weight excluding hydrogens is 220 g/mol. The lowest BCUT2D eigenvalue weighted by Gasteiger charge is -2.05. The van der Waals surface area contributed by atoms with Gasteiger partial charge in [0, 0.05) is 22.3 Å². The normalized spacial score (nSPS) is 12.1. The first-order chi connectivity index (χ1) is 7.67. The Bertz CT molecular complexity index is 424. The molecule has 2 N–H and O–H groups in total. The molecule has 0 heterocycles. The fourth-order valence-electron chi connectivity index (χ4n) is 1.42. The number of hydrogen-bond donors (Lipinski definition) is 1. The lowest BCUT2D eigenvalue weighted by Crippen LogP contribution is -2.08. The zero-order valence-electron chi connectivity index (χ0n) is 9.40. The summed E-state index contributed by atoms with van der Waals surface area (Å²) in [7, 11) is -0.853. The first-order valence-electron chi connectivity index (χ1n) is 5.22. The number of aryl methyl sites for hydroxylation is 1. The van der Waals surface area contributed by atoms with Crippen LogP contribution in [0, 0.1) is 18.3 Å². The summed E-state index contributed by atoms with van der Waals surface area (Å²) in [4.78, 5) is 0. The second kappa shape index (κ2) is 6.41. The molecule has 86 valence electrons. The molecule has 0 amide bonds. The van der Waals surface area contributed by atoms with E-state index in [1.807, 2.05) is 19.1 Å². The Morgan fingerprint density at radius 3 is 2.81 bits per heavy atom. The quantitative estimate of drug-likeness (QED) is 0.841. The van der Waals surface area contributed by atoms with Crippen molar-refractivity contribution in [3.8, 4) is 6.07 Å². The maximum atomic E-state index is 11.7. The highest BCUT2D eigenvalue weighted by atomic mass is 32.2.